The second-order valence-electron chi connectivity index (χ2n) is 11.0. The van der Waals surface area contributed by atoms with Gasteiger partial charge in [0.2, 0.25) is 23.0 Å². The van der Waals surface area contributed by atoms with E-state index in [1.54, 1.807) is 27.4 Å². The van der Waals surface area contributed by atoms with Crippen molar-refractivity contribution in [3.05, 3.63) is 75.4 Å². The number of anilines is 1. The van der Waals surface area contributed by atoms with Gasteiger partial charge in [-0.3, -0.25) is 14.4 Å². The topological polar surface area (TPSA) is 124 Å². The molecule has 0 saturated carbocycles. The summed E-state index contributed by atoms with van der Waals surface area (Å²) in [5.41, 5.74) is 3.82. The summed E-state index contributed by atoms with van der Waals surface area (Å²) in [4.78, 5) is 39.4. The maximum atomic E-state index is 13.8. The largest absolute Gasteiger partial charge is 0.496 e. The van der Waals surface area contributed by atoms with E-state index in [9.17, 15) is 14.4 Å². The number of methoxy groups -OCH3 is 4. The average Bonchev–Trinajstić information content (AvgIpc) is 3.25. The molecule has 44 heavy (non-hydrogen) atoms. The predicted molar refractivity (Wildman–Crippen MR) is 170 cm³/mol. The Balaban J connectivity index is 1.79. The highest BCUT2D eigenvalue weighted by molar-refractivity contribution is 5.86. The number of ether oxygens (including phenoxy) is 4. The number of hydrogen-bond donors (Lipinski definition) is 3. The van der Waals surface area contributed by atoms with Crippen LogP contribution in [0.3, 0.4) is 0 Å². The second kappa shape index (κ2) is 14.2. The Morgan fingerprint density at radius 1 is 0.909 bits per heavy atom. The van der Waals surface area contributed by atoms with Gasteiger partial charge in [-0.25, -0.2) is 0 Å². The lowest BCUT2D eigenvalue weighted by atomic mass is 9.95. The van der Waals surface area contributed by atoms with Gasteiger partial charge < -0.3 is 34.9 Å². The smallest absolute Gasteiger partial charge is 0.243 e. The summed E-state index contributed by atoms with van der Waals surface area (Å²) in [6, 6.07) is 13.3. The summed E-state index contributed by atoms with van der Waals surface area (Å²) in [7, 11) is 6.24. The minimum Gasteiger partial charge on any atom is -0.496 e. The van der Waals surface area contributed by atoms with E-state index in [1.807, 2.05) is 50.2 Å². The standard InChI is InChI=1S/C34H41N3O7/c1-19(2)31(34(40)35-18-22-10-8-9-11-28(22)41-4)37-26-15-13-23-24(17-27(26)39)25(36-20(3)38)14-12-21-16-29(42-5)32(43-6)33(44-7)30(21)23/h8-11,13,15-17,19,25,31H,12,14,18H2,1-7H3,(H,35,40)(H,36,38)(H,37,39). The van der Waals surface area contributed by atoms with Gasteiger partial charge in [0.05, 0.1) is 40.2 Å². The fourth-order valence-corrected chi connectivity index (χ4v) is 5.67. The molecule has 3 N–H and O–H groups in total. The highest BCUT2D eigenvalue weighted by Gasteiger charge is 2.30. The van der Waals surface area contributed by atoms with Crippen LogP contribution in [0.4, 0.5) is 5.69 Å². The number of carbonyl (C=O) groups is 2. The molecular weight excluding hydrogens is 562 g/mol. The number of hydrogen-bond acceptors (Lipinski definition) is 8. The number of aryl methyl sites for hydroxylation is 1. The van der Waals surface area contributed by atoms with Gasteiger partial charge in [0.1, 0.15) is 11.8 Å². The molecule has 3 aromatic rings. The number of rotatable bonds is 11. The van der Waals surface area contributed by atoms with E-state index in [1.165, 1.54) is 20.1 Å². The molecule has 0 aliphatic heterocycles. The number of amides is 2. The lowest BCUT2D eigenvalue weighted by molar-refractivity contribution is -0.123. The van der Waals surface area contributed by atoms with Crippen LogP contribution in [0.5, 0.6) is 23.0 Å². The number of nitrogens with one attached hydrogen (secondary N) is 3. The van der Waals surface area contributed by atoms with Gasteiger partial charge in [0, 0.05) is 24.6 Å². The molecule has 10 heteroatoms. The van der Waals surface area contributed by atoms with E-state index in [4.69, 9.17) is 18.9 Å². The first-order valence-corrected chi connectivity index (χ1v) is 14.6. The first-order chi connectivity index (χ1) is 21.1. The van der Waals surface area contributed by atoms with Crippen LogP contribution in [-0.4, -0.2) is 46.3 Å². The lowest BCUT2D eigenvalue weighted by Crippen LogP contribution is -2.43. The minimum atomic E-state index is -0.697. The molecular formula is C34H41N3O7. The number of fused-ring (bicyclic) bond motifs is 3. The molecule has 4 rings (SSSR count). The molecule has 10 nitrogen and oxygen atoms in total. The van der Waals surface area contributed by atoms with E-state index >= 15 is 0 Å². The van der Waals surface area contributed by atoms with Crippen LogP contribution in [0.2, 0.25) is 0 Å². The van der Waals surface area contributed by atoms with E-state index in [2.05, 4.69) is 16.0 Å². The normalized spacial score (nSPS) is 14.3. The van der Waals surface area contributed by atoms with Gasteiger partial charge in [-0.1, -0.05) is 38.1 Å². The van der Waals surface area contributed by atoms with Crippen LogP contribution in [0.25, 0.3) is 11.1 Å². The van der Waals surface area contributed by atoms with Gasteiger partial charge in [-0.05, 0) is 59.7 Å². The van der Waals surface area contributed by atoms with Gasteiger partial charge >= 0.3 is 0 Å². The first kappa shape index (κ1) is 32.2. The third-order valence-electron chi connectivity index (χ3n) is 7.82. The van der Waals surface area contributed by atoms with Crippen LogP contribution in [-0.2, 0) is 22.6 Å². The maximum absolute atomic E-state index is 13.8. The van der Waals surface area contributed by atoms with Crippen molar-refractivity contribution in [2.45, 2.75) is 52.2 Å². The third-order valence-corrected chi connectivity index (χ3v) is 7.82. The van der Waals surface area contributed by atoms with Crippen molar-refractivity contribution in [3.63, 3.8) is 0 Å². The van der Waals surface area contributed by atoms with Crippen molar-refractivity contribution >= 4 is 17.5 Å². The molecule has 234 valence electrons. The fraction of sp³-hybridized carbons (Fsp3) is 0.382. The Morgan fingerprint density at radius 3 is 2.25 bits per heavy atom. The Labute approximate surface area is 258 Å². The summed E-state index contributed by atoms with van der Waals surface area (Å²) in [5, 5.41) is 9.18. The van der Waals surface area contributed by atoms with Crippen molar-refractivity contribution < 1.29 is 28.5 Å². The van der Waals surface area contributed by atoms with Crippen LogP contribution < -0.4 is 40.3 Å². The van der Waals surface area contributed by atoms with Crippen LogP contribution in [0.15, 0.2) is 53.3 Å². The van der Waals surface area contributed by atoms with Gasteiger partial charge in [0.15, 0.2) is 11.5 Å². The monoisotopic (exact) mass is 603 g/mol. The molecule has 0 radical (unpaired) electrons. The number of carbonyl (C=O) groups excluding carboxylic acids is 2. The average molecular weight is 604 g/mol. The van der Waals surface area contributed by atoms with Gasteiger partial charge in [-0.2, -0.15) is 0 Å². The number of benzene rings is 2. The SMILES string of the molecule is COc1ccccc1CNC(=O)C(Nc1ccc2c(cc1=O)C(NC(C)=O)CCc1cc(OC)c(OC)c(OC)c1-2)C(C)C. The predicted octanol–water partition coefficient (Wildman–Crippen LogP) is 4.62. The Hall–Kier alpha value is -4.73. The van der Waals surface area contributed by atoms with Crippen molar-refractivity contribution in [2.75, 3.05) is 33.8 Å². The van der Waals surface area contributed by atoms with E-state index in [0.717, 1.165) is 16.7 Å². The molecule has 0 aromatic heterocycles. The summed E-state index contributed by atoms with van der Waals surface area (Å²) >= 11 is 0. The minimum absolute atomic E-state index is 0.139. The van der Waals surface area contributed by atoms with Gasteiger partial charge in [-0.15, -0.1) is 0 Å². The zero-order valence-corrected chi connectivity index (χ0v) is 26.3. The van der Waals surface area contributed by atoms with Crippen molar-refractivity contribution in [1.29, 1.82) is 0 Å². The first-order valence-electron chi connectivity index (χ1n) is 14.6. The van der Waals surface area contributed by atoms with Crippen molar-refractivity contribution in [2.24, 2.45) is 5.92 Å². The summed E-state index contributed by atoms with van der Waals surface area (Å²) in [6.07, 6.45) is 1.14. The molecule has 0 heterocycles. The highest BCUT2D eigenvalue weighted by atomic mass is 16.5. The molecule has 0 spiro atoms. The zero-order chi connectivity index (χ0) is 32.0. The second-order valence-corrected chi connectivity index (χ2v) is 11.0. The molecule has 3 aromatic carbocycles. The van der Waals surface area contributed by atoms with Crippen LogP contribution >= 0.6 is 0 Å². The molecule has 0 saturated heterocycles. The lowest BCUT2D eigenvalue weighted by Gasteiger charge is -2.22. The van der Waals surface area contributed by atoms with E-state index in [-0.39, 0.29) is 35.4 Å². The molecule has 2 unspecified atom stereocenters. The Morgan fingerprint density at radius 2 is 1.61 bits per heavy atom. The fourth-order valence-electron chi connectivity index (χ4n) is 5.67. The van der Waals surface area contributed by atoms with Crippen molar-refractivity contribution in [3.8, 4) is 34.1 Å². The van der Waals surface area contributed by atoms with Crippen LogP contribution in [0.1, 0.15) is 49.9 Å². The van der Waals surface area contributed by atoms with E-state index in [0.29, 0.717) is 47.0 Å². The summed E-state index contributed by atoms with van der Waals surface area (Å²) in [5.74, 6) is 1.50. The molecule has 2 atom stereocenters. The van der Waals surface area contributed by atoms with Gasteiger partial charge in [0.25, 0.3) is 0 Å². The quantitative estimate of drug-likeness (QED) is 0.290. The van der Waals surface area contributed by atoms with Crippen LogP contribution in [0, 0.1) is 5.92 Å². The number of para-hydroxylation sites is 1. The molecule has 1 aliphatic rings. The zero-order valence-electron chi connectivity index (χ0n) is 26.3. The summed E-state index contributed by atoms with van der Waals surface area (Å²) < 4.78 is 22.5. The Bertz CT molecular complexity index is 1590. The van der Waals surface area contributed by atoms with E-state index < -0.39 is 12.1 Å². The molecule has 1 aliphatic carbocycles. The molecule has 0 bridgehead atoms. The van der Waals surface area contributed by atoms with Crippen molar-refractivity contribution in [1.82, 2.24) is 10.6 Å². The Kier molecular flexibility index (Phi) is 10.4. The highest BCUT2D eigenvalue weighted by Crippen LogP contribution is 2.50. The molecule has 0 fully saturated rings. The maximum Gasteiger partial charge on any atom is 0.243 e. The third kappa shape index (κ3) is 6.74. The summed E-state index contributed by atoms with van der Waals surface area (Å²) in [6.45, 7) is 5.55. The molecule has 2 amide bonds.